The monoisotopic (exact) mass is 714 g/mol. The van der Waals surface area contributed by atoms with Crippen LogP contribution in [0.15, 0.2) is 121 Å². The number of carbonyl (C=O) groups excluding carboxylic acids is 1. The van der Waals surface area contributed by atoms with Gasteiger partial charge in [0.15, 0.2) is 0 Å². The standard InChI is InChI=1S/C41H50N2O9/c1-45-23-25-47-31-51-39-37(29-49-35-19-11-5-12-20-35)42(27-33-15-7-3-8-16-33)41(44)43(28-34-17-9-4-10-18-34)38(30-50-36-21-13-6-14-22-36)40(39)52-32-48-26-24-46-2/h3-22,37-40H,23-32H2,1-2H3/t37-,38-,39+,40+/m1/s1. The average molecular weight is 715 g/mol. The van der Waals surface area contributed by atoms with Crippen molar-refractivity contribution < 1.29 is 42.7 Å². The van der Waals surface area contributed by atoms with Crippen molar-refractivity contribution in [2.75, 3.05) is 67.4 Å². The molecule has 1 aliphatic heterocycles. The van der Waals surface area contributed by atoms with Gasteiger partial charge in [0.2, 0.25) is 0 Å². The number of amides is 2. The third-order valence-electron chi connectivity index (χ3n) is 8.64. The molecular weight excluding hydrogens is 664 g/mol. The van der Waals surface area contributed by atoms with Crippen molar-refractivity contribution in [2.45, 2.75) is 37.4 Å². The number of ether oxygens (including phenoxy) is 8. The second-order valence-electron chi connectivity index (χ2n) is 12.2. The molecule has 0 spiro atoms. The molecule has 4 aromatic rings. The molecule has 1 fully saturated rings. The van der Waals surface area contributed by atoms with E-state index in [4.69, 9.17) is 37.9 Å². The Labute approximate surface area is 306 Å². The number of hydrogen-bond donors (Lipinski definition) is 0. The Kier molecular flexibility index (Phi) is 16.2. The molecule has 0 aromatic heterocycles. The Balaban J connectivity index is 1.60. The van der Waals surface area contributed by atoms with Crippen molar-refractivity contribution in [2.24, 2.45) is 0 Å². The summed E-state index contributed by atoms with van der Waals surface area (Å²) < 4.78 is 48.3. The van der Waals surface area contributed by atoms with E-state index in [2.05, 4.69) is 0 Å². The van der Waals surface area contributed by atoms with Crippen molar-refractivity contribution in [3.63, 3.8) is 0 Å². The fourth-order valence-electron chi connectivity index (χ4n) is 6.01. The summed E-state index contributed by atoms with van der Waals surface area (Å²) in [5, 5.41) is 0. The van der Waals surface area contributed by atoms with Crippen molar-refractivity contribution in [3.8, 4) is 11.5 Å². The van der Waals surface area contributed by atoms with E-state index in [1.54, 1.807) is 14.2 Å². The summed E-state index contributed by atoms with van der Waals surface area (Å²) in [7, 11) is 3.23. The molecule has 1 saturated heterocycles. The van der Waals surface area contributed by atoms with Gasteiger partial charge in [-0.05, 0) is 35.4 Å². The lowest BCUT2D eigenvalue weighted by atomic mass is 9.98. The highest BCUT2D eigenvalue weighted by Crippen LogP contribution is 2.31. The van der Waals surface area contributed by atoms with E-state index in [0.29, 0.717) is 51.0 Å². The van der Waals surface area contributed by atoms with Crippen molar-refractivity contribution >= 4 is 6.03 Å². The van der Waals surface area contributed by atoms with Crippen molar-refractivity contribution in [3.05, 3.63) is 132 Å². The lowest BCUT2D eigenvalue weighted by Crippen LogP contribution is -2.55. The second kappa shape index (κ2) is 21.8. The van der Waals surface area contributed by atoms with Crippen LogP contribution < -0.4 is 9.47 Å². The number of methoxy groups -OCH3 is 2. The topological polar surface area (TPSA) is 97.4 Å². The highest BCUT2D eigenvalue weighted by atomic mass is 16.7. The average Bonchev–Trinajstić information content (AvgIpc) is 3.26. The minimum absolute atomic E-state index is 0.0709. The predicted molar refractivity (Wildman–Crippen MR) is 196 cm³/mol. The summed E-state index contributed by atoms with van der Waals surface area (Å²) in [6.45, 7) is 2.13. The number of carbonyl (C=O) groups is 1. The van der Waals surface area contributed by atoms with E-state index < -0.39 is 24.3 Å². The van der Waals surface area contributed by atoms with Gasteiger partial charge in [-0.3, -0.25) is 0 Å². The first-order valence-electron chi connectivity index (χ1n) is 17.5. The van der Waals surface area contributed by atoms with Gasteiger partial charge >= 0.3 is 6.03 Å². The fraction of sp³-hybridized carbons (Fsp3) is 0.390. The number of benzene rings is 4. The van der Waals surface area contributed by atoms with Crippen molar-refractivity contribution in [1.29, 1.82) is 0 Å². The van der Waals surface area contributed by atoms with Gasteiger partial charge in [0.1, 0.15) is 50.5 Å². The van der Waals surface area contributed by atoms with Gasteiger partial charge in [-0.15, -0.1) is 0 Å². The molecule has 0 radical (unpaired) electrons. The van der Waals surface area contributed by atoms with Crippen molar-refractivity contribution in [1.82, 2.24) is 9.80 Å². The fourth-order valence-corrected chi connectivity index (χ4v) is 6.01. The van der Waals surface area contributed by atoms with Crippen LogP contribution in [0, 0.1) is 0 Å². The summed E-state index contributed by atoms with van der Waals surface area (Å²) in [5.41, 5.74) is 1.91. The number of urea groups is 1. The summed E-state index contributed by atoms with van der Waals surface area (Å²) in [5.74, 6) is 1.33. The lowest BCUT2D eigenvalue weighted by molar-refractivity contribution is -0.196. The van der Waals surface area contributed by atoms with Crippen LogP contribution in [0.3, 0.4) is 0 Å². The molecule has 0 saturated carbocycles. The molecular formula is C41H50N2O9. The summed E-state index contributed by atoms with van der Waals surface area (Å²) in [6.07, 6.45) is -1.51. The van der Waals surface area contributed by atoms with Gasteiger partial charge in [-0.1, -0.05) is 97.1 Å². The molecule has 0 aliphatic carbocycles. The van der Waals surface area contributed by atoms with E-state index in [9.17, 15) is 0 Å². The normalized spacial score (nSPS) is 19.0. The molecule has 0 unspecified atom stereocenters. The predicted octanol–water partition coefficient (Wildman–Crippen LogP) is 6.03. The number of hydrogen-bond acceptors (Lipinski definition) is 9. The Morgan fingerprint density at radius 2 is 0.865 bits per heavy atom. The first-order chi connectivity index (χ1) is 25.7. The number of para-hydroxylation sites is 2. The molecule has 2 amide bonds. The molecule has 5 rings (SSSR count). The van der Waals surface area contributed by atoms with Gasteiger partial charge in [0.25, 0.3) is 0 Å². The zero-order valence-electron chi connectivity index (χ0n) is 30.0. The maximum atomic E-state index is 15.3. The molecule has 278 valence electrons. The van der Waals surface area contributed by atoms with E-state index >= 15 is 4.79 Å². The largest absolute Gasteiger partial charge is 0.491 e. The number of nitrogens with zero attached hydrogens (tertiary/aromatic N) is 2. The third kappa shape index (κ3) is 11.8. The first-order valence-corrected chi connectivity index (χ1v) is 17.5. The van der Waals surface area contributed by atoms with Crippen LogP contribution >= 0.6 is 0 Å². The summed E-state index contributed by atoms with van der Waals surface area (Å²) in [4.78, 5) is 18.9. The van der Waals surface area contributed by atoms with Gasteiger partial charge < -0.3 is 47.7 Å². The van der Waals surface area contributed by atoms with Gasteiger partial charge in [-0.2, -0.15) is 0 Å². The van der Waals surface area contributed by atoms with Gasteiger partial charge in [-0.25, -0.2) is 4.79 Å². The van der Waals surface area contributed by atoms with Gasteiger partial charge in [0, 0.05) is 27.3 Å². The first kappa shape index (κ1) is 38.7. The highest BCUT2D eigenvalue weighted by molar-refractivity contribution is 5.76. The lowest BCUT2D eigenvalue weighted by Gasteiger charge is -2.37. The van der Waals surface area contributed by atoms with E-state index in [-0.39, 0.29) is 32.8 Å². The maximum absolute atomic E-state index is 15.3. The Hall–Kier alpha value is -4.49. The molecule has 52 heavy (non-hydrogen) atoms. The molecule has 11 heteroatoms. The smallest absolute Gasteiger partial charge is 0.321 e. The van der Waals surface area contributed by atoms with Crippen LogP contribution in [0.5, 0.6) is 11.5 Å². The minimum Gasteiger partial charge on any atom is -0.491 e. The minimum atomic E-state index is -0.755. The Morgan fingerprint density at radius 1 is 0.500 bits per heavy atom. The molecule has 0 N–H and O–H groups in total. The van der Waals surface area contributed by atoms with Crippen LogP contribution in [-0.2, 0) is 41.5 Å². The Bertz CT molecular complexity index is 1420. The summed E-state index contributed by atoms with van der Waals surface area (Å²) in [6, 6.07) is 37.4. The number of rotatable bonds is 22. The maximum Gasteiger partial charge on any atom is 0.321 e. The van der Waals surface area contributed by atoms with Crippen LogP contribution in [0.2, 0.25) is 0 Å². The molecule has 0 bridgehead atoms. The van der Waals surface area contributed by atoms with Crippen LogP contribution in [0.1, 0.15) is 11.1 Å². The third-order valence-corrected chi connectivity index (χ3v) is 8.64. The van der Waals surface area contributed by atoms with Crippen LogP contribution in [0.4, 0.5) is 4.79 Å². The van der Waals surface area contributed by atoms with E-state index in [1.165, 1.54) is 0 Å². The second-order valence-corrected chi connectivity index (χ2v) is 12.2. The highest BCUT2D eigenvalue weighted by Gasteiger charge is 2.50. The zero-order valence-corrected chi connectivity index (χ0v) is 30.0. The molecule has 1 aliphatic rings. The SMILES string of the molecule is COCCOCO[C@@H]1[C@@H](OCOCCOC)[C@@H](COc2ccccc2)N(Cc2ccccc2)C(=O)N(Cc2ccccc2)[C@@H]1COc1ccccc1. The molecule has 1 heterocycles. The summed E-state index contributed by atoms with van der Waals surface area (Å²) >= 11 is 0. The van der Waals surface area contributed by atoms with E-state index in [1.807, 2.05) is 131 Å². The van der Waals surface area contributed by atoms with Gasteiger partial charge in [0.05, 0.1) is 38.5 Å². The molecule has 4 aromatic carbocycles. The molecule has 4 atom stereocenters. The molecule has 11 nitrogen and oxygen atoms in total. The zero-order chi connectivity index (χ0) is 36.2. The quantitative estimate of drug-likeness (QED) is 0.0714. The Morgan fingerprint density at radius 3 is 1.23 bits per heavy atom. The van der Waals surface area contributed by atoms with E-state index in [0.717, 1.165) is 11.1 Å². The van der Waals surface area contributed by atoms with Crippen LogP contribution in [0.25, 0.3) is 0 Å². The van der Waals surface area contributed by atoms with Crippen LogP contribution in [-0.4, -0.2) is 108 Å².